The Bertz CT molecular complexity index is 1320. The van der Waals surface area contributed by atoms with Gasteiger partial charge in [-0.05, 0) is 77.8 Å². The molecule has 184 valence electrons. The lowest BCUT2D eigenvalue weighted by Crippen LogP contribution is -2.30. The lowest BCUT2D eigenvalue weighted by atomic mass is 10.1. The molecule has 1 aliphatic heterocycles. The van der Waals surface area contributed by atoms with Gasteiger partial charge in [0.2, 0.25) is 0 Å². The molecule has 1 fully saturated rings. The third-order valence-corrected chi connectivity index (χ3v) is 5.81. The number of aryl methyl sites for hydroxylation is 1. The van der Waals surface area contributed by atoms with Gasteiger partial charge in [0.15, 0.2) is 18.1 Å². The number of benzene rings is 3. The molecule has 0 aromatic heterocycles. The van der Waals surface area contributed by atoms with Gasteiger partial charge < -0.3 is 20.1 Å². The highest BCUT2D eigenvalue weighted by Crippen LogP contribution is 2.38. The minimum Gasteiger partial charge on any atom is -0.490 e. The molecule has 8 nitrogen and oxygen atoms in total. The summed E-state index contributed by atoms with van der Waals surface area (Å²) >= 11 is 3.47. The van der Waals surface area contributed by atoms with Crippen molar-refractivity contribution in [1.29, 1.82) is 0 Å². The molecule has 4 amide bonds. The number of halogens is 1. The third kappa shape index (κ3) is 5.75. The summed E-state index contributed by atoms with van der Waals surface area (Å²) < 4.78 is 12.0. The number of urea groups is 1. The number of hydrogen-bond donors (Lipinski definition) is 2. The van der Waals surface area contributed by atoms with E-state index in [-0.39, 0.29) is 18.2 Å². The summed E-state index contributed by atoms with van der Waals surface area (Å²) in [6.45, 7) is 3.92. The van der Waals surface area contributed by atoms with Crippen molar-refractivity contribution in [1.82, 2.24) is 5.32 Å². The minimum absolute atomic E-state index is 0.129. The van der Waals surface area contributed by atoms with Crippen molar-refractivity contribution in [3.63, 3.8) is 0 Å². The SMILES string of the molecule is CCOc1cc(/C=C2/NC(=O)N(c3ccccc3)C2=O)cc(Br)c1OCC(=O)Nc1ccc(C)cc1. The van der Waals surface area contributed by atoms with Crippen LogP contribution >= 0.6 is 15.9 Å². The molecule has 0 atom stereocenters. The fourth-order valence-corrected chi connectivity index (χ4v) is 4.13. The van der Waals surface area contributed by atoms with Crippen LogP contribution in [0.4, 0.5) is 16.2 Å². The Morgan fingerprint density at radius 1 is 1.06 bits per heavy atom. The van der Waals surface area contributed by atoms with E-state index in [2.05, 4.69) is 26.6 Å². The molecule has 0 unspecified atom stereocenters. The number of anilines is 2. The van der Waals surface area contributed by atoms with Crippen LogP contribution in [0.3, 0.4) is 0 Å². The Morgan fingerprint density at radius 2 is 1.78 bits per heavy atom. The van der Waals surface area contributed by atoms with Gasteiger partial charge in [-0.3, -0.25) is 9.59 Å². The Kier molecular flexibility index (Phi) is 7.70. The third-order valence-electron chi connectivity index (χ3n) is 5.22. The van der Waals surface area contributed by atoms with E-state index in [0.717, 1.165) is 10.5 Å². The fraction of sp³-hybridized carbons (Fsp3) is 0.148. The van der Waals surface area contributed by atoms with Gasteiger partial charge in [-0.25, -0.2) is 9.69 Å². The number of imide groups is 1. The molecule has 0 spiro atoms. The number of nitrogens with zero attached hydrogens (tertiary/aromatic N) is 1. The van der Waals surface area contributed by atoms with Crippen molar-refractivity contribution in [2.75, 3.05) is 23.4 Å². The van der Waals surface area contributed by atoms with E-state index >= 15 is 0 Å². The molecule has 3 aromatic rings. The smallest absolute Gasteiger partial charge is 0.333 e. The van der Waals surface area contributed by atoms with Crippen LogP contribution in [0.2, 0.25) is 0 Å². The van der Waals surface area contributed by atoms with Crippen molar-refractivity contribution in [3.8, 4) is 11.5 Å². The zero-order valence-corrected chi connectivity index (χ0v) is 21.3. The van der Waals surface area contributed by atoms with Crippen molar-refractivity contribution in [2.45, 2.75) is 13.8 Å². The van der Waals surface area contributed by atoms with Gasteiger partial charge in [-0.2, -0.15) is 0 Å². The summed E-state index contributed by atoms with van der Waals surface area (Å²) in [5, 5.41) is 5.40. The highest BCUT2D eigenvalue weighted by Gasteiger charge is 2.34. The van der Waals surface area contributed by atoms with Crippen LogP contribution in [0, 0.1) is 6.92 Å². The van der Waals surface area contributed by atoms with Crippen LogP contribution in [0.1, 0.15) is 18.1 Å². The Hall–Kier alpha value is -4.11. The Labute approximate surface area is 217 Å². The predicted octanol–water partition coefficient (Wildman–Crippen LogP) is 5.27. The fourth-order valence-electron chi connectivity index (χ4n) is 3.56. The van der Waals surface area contributed by atoms with Crippen LogP contribution in [0.25, 0.3) is 6.08 Å². The molecule has 0 bridgehead atoms. The highest BCUT2D eigenvalue weighted by molar-refractivity contribution is 9.10. The monoisotopic (exact) mass is 549 g/mol. The molecule has 36 heavy (non-hydrogen) atoms. The average Bonchev–Trinajstić information content (AvgIpc) is 3.13. The van der Waals surface area contributed by atoms with Crippen molar-refractivity contribution in [3.05, 3.63) is 88.0 Å². The second kappa shape index (κ2) is 11.1. The van der Waals surface area contributed by atoms with E-state index in [4.69, 9.17) is 9.47 Å². The molecule has 1 aliphatic rings. The number of ether oxygens (including phenoxy) is 2. The maximum Gasteiger partial charge on any atom is 0.333 e. The van der Waals surface area contributed by atoms with Crippen LogP contribution in [0.5, 0.6) is 11.5 Å². The molecule has 1 saturated heterocycles. The molecule has 3 aromatic carbocycles. The van der Waals surface area contributed by atoms with Crippen molar-refractivity contribution >= 4 is 51.2 Å². The molecule has 4 rings (SSSR count). The Balaban J connectivity index is 1.51. The van der Waals surface area contributed by atoms with Gasteiger partial charge in [0.1, 0.15) is 5.70 Å². The number of rotatable bonds is 8. The first kappa shape index (κ1) is 25.0. The lowest BCUT2D eigenvalue weighted by Gasteiger charge is -2.15. The molecule has 0 saturated carbocycles. The van der Waals surface area contributed by atoms with Gasteiger partial charge >= 0.3 is 6.03 Å². The van der Waals surface area contributed by atoms with Crippen LogP contribution in [-0.4, -0.2) is 31.1 Å². The first-order chi connectivity index (χ1) is 17.4. The summed E-state index contributed by atoms with van der Waals surface area (Å²) in [5.74, 6) is -0.0441. The second-order valence-electron chi connectivity index (χ2n) is 7.93. The average molecular weight is 550 g/mol. The maximum absolute atomic E-state index is 12.9. The number of para-hydroxylation sites is 1. The van der Waals surface area contributed by atoms with Gasteiger partial charge in [0.05, 0.1) is 16.8 Å². The number of amides is 4. The molecule has 0 aliphatic carbocycles. The molecular weight excluding hydrogens is 526 g/mol. The minimum atomic E-state index is -0.527. The number of carbonyl (C=O) groups excluding carboxylic acids is 3. The molecule has 0 radical (unpaired) electrons. The molecule has 1 heterocycles. The van der Waals surface area contributed by atoms with E-state index < -0.39 is 11.9 Å². The highest BCUT2D eigenvalue weighted by atomic mass is 79.9. The summed E-state index contributed by atoms with van der Waals surface area (Å²) in [7, 11) is 0. The van der Waals surface area contributed by atoms with E-state index in [1.807, 2.05) is 38.1 Å². The summed E-state index contributed by atoms with van der Waals surface area (Å²) in [6.07, 6.45) is 1.56. The number of nitrogens with one attached hydrogen (secondary N) is 2. The van der Waals surface area contributed by atoms with Gasteiger partial charge in [0, 0.05) is 5.69 Å². The van der Waals surface area contributed by atoms with Crippen LogP contribution in [0.15, 0.2) is 76.9 Å². The quantitative estimate of drug-likeness (QED) is 0.294. The summed E-state index contributed by atoms with van der Waals surface area (Å²) in [5.41, 5.74) is 2.97. The normalized spacial score (nSPS) is 14.1. The second-order valence-corrected chi connectivity index (χ2v) is 8.78. The lowest BCUT2D eigenvalue weighted by molar-refractivity contribution is -0.118. The van der Waals surface area contributed by atoms with Gasteiger partial charge in [0.25, 0.3) is 11.8 Å². The first-order valence-electron chi connectivity index (χ1n) is 11.2. The zero-order valence-electron chi connectivity index (χ0n) is 19.7. The summed E-state index contributed by atoms with van der Waals surface area (Å²) in [4.78, 5) is 38.8. The van der Waals surface area contributed by atoms with E-state index in [9.17, 15) is 14.4 Å². The van der Waals surface area contributed by atoms with Gasteiger partial charge in [-0.1, -0.05) is 35.9 Å². The van der Waals surface area contributed by atoms with Gasteiger partial charge in [-0.15, -0.1) is 0 Å². The Morgan fingerprint density at radius 3 is 2.47 bits per heavy atom. The largest absolute Gasteiger partial charge is 0.490 e. The van der Waals surface area contributed by atoms with Crippen molar-refractivity contribution < 1.29 is 23.9 Å². The first-order valence-corrected chi connectivity index (χ1v) is 12.0. The van der Waals surface area contributed by atoms with E-state index in [1.165, 1.54) is 0 Å². The number of carbonyl (C=O) groups is 3. The maximum atomic E-state index is 12.9. The molecule has 2 N–H and O–H groups in total. The topological polar surface area (TPSA) is 97.0 Å². The zero-order chi connectivity index (χ0) is 25.7. The molecular formula is C27H24BrN3O5. The van der Waals surface area contributed by atoms with Crippen LogP contribution in [-0.2, 0) is 9.59 Å². The predicted molar refractivity (Wildman–Crippen MR) is 141 cm³/mol. The van der Waals surface area contributed by atoms with E-state index in [0.29, 0.717) is 39.5 Å². The standard InChI is InChI=1S/C27H24BrN3O5/c1-3-35-23-15-18(14-22-26(33)31(27(34)30-22)20-7-5-4-6-8-20)13-21(28)25(23)36-16-24(32)29-19-11-9-17(2)10-12-19/h4-15H,3,16H2,1-2H3,(H,29,32)(H,30,34)/b22-14+. The van der Waals surface area contributed by atoms with E-state index in [1.54, 1.807) is 48.5 Å². The summed E-state index contributed by atoms with van der Waals surface area (Å²) in [6, 6.07) is 19.0. The van der Waals surface area contributed by atoms with Crippen molar-refractivity contribution in [2.24, 2.45) is 0 Å². The number of hydrogen-bond acceptors (Lipinski definition) is 5. The van der Waals surface area contributed by atoms with Crippen LogP contribution < -0.4 is 25.0 Å². The molecule has 9 heteroatoms.